The van der Waals surface area contributed by atoms with Gasteiger partial charge in [-0.3, -0.25) is 11.7 Å². The number of benzene rings is 1. The number of hydrogen-bond acceptors (Lipinski definition) is 4. The maximum atomic E-state index is 8.58. The van der Waals surface area contributed by atoms with Crippen LogP contribution in [0.15, 0.2) is 30.3 Å². The number of hydrogen-bond donors (Lipinski definition) is 4. The zero-order valence-corrected chi connectivity index (χ0v) is 7.24. The van der Waals surface area contributed by atoms with Crippen LogP contribution in [0.5, 0.6) is 0 Å². The Morgan fingerprint density at radius 2 is 1.42 bits per heavy atom. The lowest BCUT2D eigenvalue weighted by molar-refractivity contribution is 0.426. The van der Waals surface area contributed by atoms with Gasteiger partial charge in [0.1, 0.15) is 0 Å². The average molecular weight is 190 g/mol. The van der Waals surface area contributed by atoms with Gasteiger partial charge in [0.2, 0.25) is 0 Å². The van der Waals surface area contributed by atoms with Crippen molar-refractivity contribution in [2.75, 3.05) is 0 Å². The topological polar surface area (TPSA) is 92.5 Å². The summed E-state index contributed by atoms with van der Waals surface area (Å²) in [6, 6.07) is 8.66. The van der Waals surface area contributed by atoms with Crippen molar-refractivity contribution in [3.8, 4) is 0 Å². The molecule has 0 heterocycles. The average Bonchev–Trinajstić information content (AvgIpc) is 2.10. The second-order valence-electron chi connectivity index (χ2n) is 1.78. The lowest BCUT2D eigenvalue weighted by Crippen LogP contribution is -2.29. The predicted molar refractivity (Wildman–Crippen MR) is 51.9 cm³/mol. The summed E-state index contributed by atoms with van der Waals surface area (Å²) in [4.78, 5) is 0. The normalized spacial score (nSPS) is 7.33. The van der Waals surface area contributed by atoms with Crippen molar-refractivity contribution in [3.63, 3.8) is 0 Å². The van der Waals surface area contributed by atoms with Crippen molar-refractivity contribution in [2.24, 2.45) is 11.7 Å². The van der Waals surface area contributed by atoms with Gasteiger partial charge in [-0.05, 0) is 5.46 Å². The minimum atomic E-state index is -1.34. The highest BCUT2D eigenvalue weighted by molar-refractivity contribution is 6.58. The molecular weight excluding hydrogens is 178 g/mol. The van der Waals surface area contributed by atoms with Gasteiger partial charge in [-0.2, -0.15) is 0 Å². The second kappa shape index (κ2) is 8.51. The summed E-state index contributed by atoms with van der Waals surface area (Å²) < 4.78 is 0. The number of rotatable bonds is 1. The molecule has 0 aromatic heterocycles. The van der Waals surface area contributed by atoms with Gasteiger partial charge in [0.25, 0.3) is 0 Å². The lowest BCUT2D eigenvalue weighted by Gasteiger charge is -1.94. The first kappa shape index (κ1) is 14.0. The minimum Gasteiger partial charge on any atom is -0.423 e. The molecule has 0 radical (unpaired) electrons. The molecule has 0 spiro atoms. The fourth-order valence-corrected chi connectivity index (χ4v) is 0.625. The summed E-state index contributed by atoms with van der Waals surface area (Å²) in [7, 11) is -1.34. The van der Waals surface area contributed by atoms with Crippen molar-refractivity contribution < 1.29 is 10.0 Å². The van der Waals surface area contributed by atoms with Crippen molar-refractivity contribution in [1.29, 1.82) is 0 Å². The second-order valence-corrected chi connectivity index (χ2v) is 1.78. The molecule has 0 unspecified atom stereocenters. The molecule has 0 saturated heterocycles. The Kier molecular flexibility index (Phi) is 9.91. The molecule has 4 nitrogen and oxygen atoms in total. The van der Waals surface area contributed by atoms with Crippen LogP contribution < -0.4 is 17.1 Å². The molecule has 6 heteroatoms. The molecular formula is C6H12BClN2O2. The van der Waals surface area contributed by atoms with E-state index in [2.05, 4.69) is 11.7 Å². The third-order valence-corrected chi connectivity index (χ3v) is 1.10. The van der Waals surface area contributed by atoms with Gasteiger partial charge in [0.05, 0.1) is 0 Å². The van der Waals surface area contributed by atoms with Gasteiger partial charge in [-0.15, -0.1) is 12.4 Å². The van der Waals surface area contributed by atoms with Crippen LogP contribution in [0.25, 0.3) is 0 Å². The first-order valence-electron chi connectivity index (χ1n) is 3.05. The molecule has 12 heavy (non-hydrogen) atoms. The van der Waals surface area contributed by atoms with E-state index in [-0.39, 0.29) is 12.4 Å². The van der Waals surface area contributed by atoms with Gasteiger partial charge in [-0.25, -0.2) is 0 Å². The van der Waals surface area contributed by atoms with Crippen LogP contribution >= 0.6 is 12.4 Å². The van der Waals surface area contributed by atoms with E-state index in [9.17, 15) is 0 Å². The monoisotopic (exact) mass is 190 g/mol. The molecule has 0 saturated carbocycles. The van der Waals surface area contributed by atoms with Crippen LogP contribution in [0.3, 0.4) is 0 Å². The van der Waals surface area contributed by atoms with Crippen LogP contribution in [0, 0.1) is 0 Å². The third-order valence-electron chi connectivity index (χ3n) is 1.10. The van der Waals surface area contributed by atoms with Crippen LogP contribution in [0.2, 0.25) is 0 Å². The van der Waals surface area contributed by atoms with Gasteiger partial charge in [-0.1, -0.05) is 30.3 Å². The Labute approximate surface area is 77.7 Å². The lowest BCUT2D eigenvalue weighted by atomic mass is 9.81. The molecule has 6 N–H and O–H groups in total. The molecule has 1 aromatic rings. The fourth-order valence-electron chi connectivity index (χ4n) is 0.625. The first-order valence-corrected chi connectivity index (χ1v) is 3.05. The molecule has 0 aliphatic heterocycles. The zero-order chi connectivity index (χ0) is 8.69. The van der Waals surface area contributed by atoms with Crippen molar-refractivity contribution >= 4 is 25.0 Å². The van der Waals surface area contributed by atoms with Gasteiger partial charge in [0, 0.05) is 0 Å². The molecule has 0 fully saturated rings. The van der Waals surface area contributed by atoms with E-state index in [1.54, 1.807) is 24.3 Å². The van der Waals surface area contributed by atoms with Crippen molar-refractivity contribution in [1.82, 2.24) is 0 Å². The van der Waals surface area contributed by atoms with Crippen molar-refractivity contribution in [3.05, 3.63) is 30.3 Å². The minimum absolute atomic E-state index is 0. The molecule has 0 atom stereocenters. The number of hydrazine groups is 1. The largest absolute Gasteiger partial charge is 0.488 e. The highest BCUT2D eigenvalue weighted by atomic mass is 35.5. The van der Waals surface area contributed by atoms with Gasteiger partial charge >= 0.3 is 7.12 Å². The molecule has 1 rings (SSSR count). The van der Waals surface area contributed by atoms with E-state index in [4.69, 9.17) is 10.0 Å². The summed E-state index contributed by atoms with van der Waals surface area (Å²) in [6.45, 7) is 0. The summed E-state index contributed by atoms with van der Waals surface area (Å²) in [6.07, 6.45) is 0. The smallest absolute Gasteiger partial charge is 0.423 e. The van der Waals surface area contributed by atoms with Gasteiger partial charge < -0.3 is 10.0 Å². The summed E-state index contributed by atoms with van der Waals surface area (Å²) >= 11 is 0. The maximum absolute atomic E-state index is 8.58. The van der Waals surface area contributed by atoms with E-state index in [0.717, 1.165) is 0 Å². The summed E-state index contributed by atoms with van der Waals surface area (Å²) in [5, 5.41) is 17.2. The Bertz CT molecular complexity index is 186. The third kappa shape index (κ3) is 5.12. The Hall–Kier alpha value is -0.585. The van der Waals surface area contributed by atoms with E-state index in [0.29, 0.717) is 5.46 Å². The Morgan fingerprint density at radius 3 is 1.67 bits per heavy atom. The molecule has 0 amide bonds. The summed E-state index contributed by atoms with van der Waals surface area (Å²) in [5.41, 5.74) is 0.525. The SMILES string of the molecule is Cl.NN.OB(O)c1ccccc1. The Morgan fingerprint density at radius 1 is 1.00 bits per heavy atom. The van der Waals surface area contributed by atoms with Gasteiger partial charge in [0.15, 0.2) is 0 Å². The highest BCUT2D eigenvalue weighted by Crippen LogP contribution is 1.82. The maximum Gasteiger partial charge on any atom is 0.488 e. The Balaban J connectivity index is 0. The number of halogens is 1. The van der Waals surface area contributed by atoms with E-state index < -0.39 is 7.12 Å². The molecule has 0 aliphatic rings. The predicted octanol–water partition coefficient (Wildman–Crippen LogP) is -1.39. The first-order chi connectivity index (χ1) is 5.30. The van der Waals surface area contributed by atoms with E-state index in [1.165, 1.54) is 0 Å². The zero-order valence-electron chi connectivity index (χ0n) is 6.42. The molecule has 1 aromatic carbocycles. The molecule has 0 bridgehead atoms. The summed E-state index contributed by atoms with van der Waals surface area (Å²) in [5.74, 6) is 8.00. The standard InChI is InChI=1S/C6H7BO2.ClH.H4N2/c8-7(9)6-4-2-1-3-5-6;;1-2/h1-5,8-9H;1H;1-2H2. The number of nitrogens with two attached hydrogens (primary N) is 2. The van der Waals surface area contributed by atoms with Crippen LogP contribution in [-0.2, 0) is 0 Å². The van der Waals surface area contributed by atoms with E-state index in [1.807, 2.05) is 6.07 Å². The van der Waals surface area contributed by atoms with Crippen LogP contribution in [0.1, 0.15) is 0 Å². The quantitative estimate of drug-likeness (QED) is 0.249. The van der Waals surface area contributed by atoms with E-state index >= 15 is 0 Å². The fraction of sp³-hybridized carbons (Fsp3) is 0. The van der Waals surface area contributed by atoms with Crippen LogP contribution in [0.4, 0.5) is 0 Å². The molecule has 68 valence electrons. The highest BCUT2D eigenvalue weighted by Gasteiger charge is 2.07. The molecule has 0 aliphatic carbocycles. The van der Waals surface area contributed by atoms with Crippen molar-refractivity contribution in [2.45, 2.75) is 0 Å². The van der Waals surface area contributed by atoms with Crippen LogP contribution in [-0.4, -0.2) is 17.2 Å².